The minimum absolute atomic E-state index is 0.141. The highest BCUT2D eigenvalue weighted by atomic mass is 16.5. The molecule has 2 atom stereocenters. The number of piperazine rings is 1. The Labute approximate surface area is 122 Å². The molecule has 0 bridgehead atoms. The monoisotopic (exact) mass is 286 g/mol. The minimum atomic E-state index is -0.465. The highest BCUT2D eigenvalue weighted by molar-refractivity contribution is 5.02. The maximum atomic E-state index is 10.5. The van der Waals surface area contributed by atoms with Crippen LogP contribution in [0.1, 0.15) is 27.7 Å². The highest BCUT2D eigenvalue weighted by Crippen LogP contribution is 2.42. The molecule has 20 heavy (non-hydrogen) atoms. The Bertz CT molecular complexity index is 325. The molecule has 2 unspecified atom stereocenters. The number of rotatable bonds is 4. The van der Waals surface area contributed by atoms with Gasteiger partial charge >= 0.3 is 0 Å². The third-order valence-electron chi connectivity index (χ3n) is 4.85. The highest BCUT2D eigenvalue weighted by Gasteiger charge is 2.53. The molecular formula is C15H30N2O3. The SMILES string of the molecule is CC1(C)OC(C)(C)C(CN2CCN(CCO)CC2)C1O. The maximum absolute atomic E-state index is 10.5. The summed E-state index contributed by atoms with van der Waals surface area (Å²) in [4.78, 5) is 4.70. The molecule has 118 valence electrons. The zero-order valence-electron chi connectivity index (χ0n) is 13.3. The van der Waals surface area contributed by atoms with Gasteiger partial charge in [-0.3, -0.25) is 4.90 Å². The van der Waals surface area contributed by atoms with Crippen LogP contribution in [0.15, 0.2) is 0 Å². The van der Waals surface area contributed by atoms with Crippen LogP contribution in [0.2, 0.25) is 0 Å². The fraction of sp³-hybridized carbons (Fsp3) is 1.00. The van der Waals surface area contributed by atoms with Gasteiger partial charge in [0, 0.05) is 45.2 Å². The molecule has 2 saturated heterocycles. The fourth-order valence-electron chi connectivity index (χ4n) is 3.61. The quantitative estimate of drug-likeness (QED) is 0.771. The van der Waals surface area contributed by atoms with Crippen LogP contribution in [0.25, 0.3) is 0 Å². The number of aliphatic hydroxyl groups excluding tert-OH is 2. The van der Waals surface area contributed by atoms with E-state index in [1.807, 2.05) is 13.8 Å². The van der Waals surface area contributed by atoms with Gasteiger partial charge in [0.1, 0.15) is 0 Å². The molecular weight excluding hydrogens is 256 g/mol. The van der Waals surface area contributed by atoms with Gasteiger partial charge in [-0.05, 0) is 27.7 Å². The molecule has 0 amide bonds. The van der Waals surface area contributed by atoms with Gasteiger partial charge in [0.2, 0.25) is 0 Å². The lowest BCUT2D eigenvalue weighted by atomic mass is 9.84. The summed E-state index contributed by atoms with van der Waals surface area (Å²) in [5, 5.41) is 19.5. The van der Waals surface area contributed by atoms with E-state index in [1.54, 1.807) is 0 Å². The summed E-state index contributed by atoms with van der Waals surface area (Å²) in [6.07, 6.45) is -0.423. The largest absolute Gasteiger partial charge is 0.395 e. The smallest absolute Gasteiger partial charge is 0.0896 e. The molecule has 0 aromatic rings. The Balaban J connectivity index is 1.91. The molecule has 2 aliphatic rings. The van der Waals surface area contributed by atoms with Gasteiger partial charge in [-0.25, -0.2) is 0 Å². The van der Waals surface area contributed by atoms with Crippen LogP contribution in [0, 0.1) is 5.92 Å². The molecule has 2 N–H and O–H groups in total. The molecule has 5 heteroatoms. The zero-order valence-corrected chi connectivity index (χ0v) is 13.3. The predicted octanol–water partition coefficient (Wildman–Crippen LogP) is 0.161. The van der Waals surface area contributed by atoms with Crippen LogP contribution >= 0.6 is 0 Å². The molecule has 2 heterocycles. The van der Waals surface area contributed by atoms with Crippen molar-refractivity contribution in [3.8, 4) is 0 Å². The van der Waals surface area contributed by atoms with E-state index >= 15 is 0 Å². The van der Waals surface area contributed by atoms with Gasteiger partial charge in [-0.1, -0.05) is 0 Å². The predicted molar refractivity (Wildman–Crippen MR) is 78.7 cm³/mol. The van der Waals surface area contributed by atoms with Crippen molar-refractivity contribution in [1.29, 1.82) is 0 Å². The number of hydrogen-bond acceptors (Lipinski definition) is 5. The van der Waals surface area contributed by atoms with Crippen LogP contribution in [0.4, 0.5) is 0 Å². The third-order valence-corrected chi connectivity index (χ3v) is 4.85. The second-order valence-corrected chi connectivity index (χ2v) is 7.23. The Morgan fingerprint density at radius 2 is 1.55 bits per heavy atom. The standard InChI is InChI=1S/C15H30N2O3/c1-14(2)12(13(19)15(3,4)20-14)11-17-7-5-16(6-8-17)9-10-18/h12-13,18-19H,5-11H2,1-4H3. The average Bonchev–Trinajstić information content (AvgIpc) is 2.50. The zero-order chi connectivity index (χ0) is 15.0. The summed E-state index contributed by atoms with van der Waals surface area (Å²) < 4.78 is 6.04. The van der Waals surface area contributed by atoms with Crippen molar-refractivity contribution < 1.29 is 14.9 Å². The van der Waals surface area contributed by atoms with Crippen LogP contribution in [0.3, 0.4) is 0 Å². The molecule has 0 saturated carbocycles. The van der Waals surface area contributed by atoms with Gasteiger partial charge in [-0.2, -0.15) is 0 Å². The summed E-state index contributed by atoms with van der Waals surface area (Å²) in [7, 11) is 0. The third kappa shape index (κ3) is 3.34. The van der Waals surface area contributed by atoms with Gasteiger partial charge in [0.05, 0.1) is 23.9 Å². The molecule has 2 aliphatic heterocycles. The second kappa shape index (κ2) is 5.89. The van der Waals surface area contributed by atoms with Gasteiger partial charge in [-0.15, -0.1) is 0 Å². The van der Waals surface area contributed by atoms with Crippen molar-refractivity contribution in [1.82, 2.24) is 9.80 Å². The summed E-state index contributed by atoms with van der Waals surface area (Å²) in [6, 6.07) is 0. The molecule has 0 spiro atoms. The number of hydrogen-bond donors (Lipinski definition) is 2. The fourth-order valence-corrected chi connectivity index (χ4v) is 3.61. The van der Waals surface area contributed by atoms with E-state index < -0.39 is 11.7 Å². The second-order valence-electron chi connectivity index (χ2n) is 7.23. The molecule has 2 fully saturated rings. The number of aliphatic hydroxyl groups is 2. The van der Waals surface area contributed by atoms with Gasteiger partial charge < -0.3 is 19.8 Å². The first-order chi connectivity index (χ1) is 9.26. The number of ether oxygens (including phenoxy) is 1. The Hall–Kier alpha value is -0.200. The van der Waals surface area contributed by atoms with E-state index in [2.05, 4.69) is 23.6 Å². The summed E-state index contributed by atoms with van der Waals surface area (Å²) in [5.74, 6) is 0.141. The topological polar surface area (TPSA) is 56.2 Å². The van der Waals surface area contributed by atoms with Crippen molar-refractivity contribution >= 4 is 0 Å². The van der Waals surface area contributed by atoms with Gasteiger partial charge in [0.25, 0.3) is 0 Å². The molecule has 0 aromatic carbocycles. The molecule has 5 nitrogen and oxygen atoms in total. The van der Waals surface area contributed by atoms with Crippen LogP contribution < -0.4 is 0 Å². The van der Waals surface area contributed by atoms with Crippen molar-refractivity contribution in [3.05, 3.63) is 0 Å². The van der Waals surface area contributed by atoms with Crippen LogP contribution in [0.5, 0.6) is 0 Å². The normalized spacial score (nSPS) is 34.5. The van der Waals surface area contributed by atoms with E-state index in [0.717, 1.165) is 39.3 Å². The average molecular weight is 286 g/mol. The van der Waals surface area contributed by atoms with Crippen molar-refractivity contribution in [3.63, 3.8) is 0 Å². The lowest BCUT2D eigenvalue weighted by Gasteiger charge is -2.38. The first kappa shape index (κ1) is 16.2. The Morgan fingerprint density at radius 1 is 1.00 bits per heavy atom. The van der Waals surface area contributed by atoms with Crippen LogP contribution in [-0.2, 0) is 4.74 Å². The lowest BCUT2D eigenvalue weighted by Crippen LogP contribution is -2.51. The number of nitrogens with zero attached hydrogens (tertiary/aromatic N) is 2. The number of β-amino-alcohol motifs (C(OH)–C–C–N with tert-alkyl or cyclic N) is 1. The van der Waals surface area contributed by atoms with E-state index in [4.69, 9.17) is 9.84 Å². The molecule has 2 rings (SSSR count). The Kier molecular flexibility index (Phi) is 4.76. The van der Waals surface area contributed by atoms with Crippen LogP contribution in [-0.4, -0.2) is 83.2 Å². The van der Waals surface area contributed by atoms with Gasteiger partial charge in [0.15, 0.2) is 0 Å². The van der Waals surface area contributed by atoms with Crippen molar-refractivity contribution in [2.24, 2.45) is 5.92 Å². The van der Waals surface area contributed by atoms with Crippen molar-refractivity contribution in [2.45, 2.75) is 45.0 Å². The summed E-state index contributed by atoms with van der Waals surface area (Å²) >= 11 is 0. The van der Waals surface area contributed by atoms with E-state index in [-0.39, 0.29) is 18.1 Å². The maximum Gasteiger partial charge on any atom is 0.0896 e. The van der Waals surface area contributed by atoms with E-state index in [9.17, 15) is 5.11 Å². The Morgan fingerprint density at radius 3 is 2.00 bits per heavy atom. The molecule has 0 aromatic heterocycles. The molecule has 0 radical (unpaired) electrons. The first-order valence-corrected chi connectivity index (χ1v) is 7.70. The summed E-state index contributed by atoms with van der Waals surface area (Å²) in [6.45, 7) is 14.0. The van der Waals surface area contributed by atoms with E-state index in [0.29, 0.717) is 0 Å². The first-order valence-electron chi connectivity index (χ1n) is 7.70. The van der Waals surface area contributed by atoms with Crippen molar-refractivity contribution in [2.75, 3.05) is 45.9 Å². The minimum Gasteiger partial charge on any atom is -0.395 e. The lowest BCUT2D eigenvalue weighted by molar-refractivity contribution is -0.0915. The van der Waals surface area contributed by atoms with E-state index in [1.165, 1.54) is 0 Å². The summed E-state index contributed by atoms with van der Waals surface area (Å²) in [5.41, 5.74) is -0.752. The molecule has 0 aliphatic carbocycles.